The standard InChI is InChI=1S/C27H32N2O4S/c1-5-21(4)28-27(30)23-11-9-22(10-12-23)19-29(24-13-15-25(16-14-24)33-6-2)34(31,32)26-17-7-20(3)8-18-26/h7-18,21H,5-6,19H2,1-4H3,(H,28,30)/t21-/m1/s1. The van der Waals surface area contributed by atoms with E-state index in [9.17, 15) is 13.2 Å². The first-order chi connectivity index (χ1) is 16.2. The summed E-state index contributed by atoms with van der Waals surface area (Å²) in [5, 5.41) is 2.94. The summed E-state index contributed by atoms with van der Waals surface area (Å²) >= 11 is 0. The highest BCUT2D eigenvalue weighted by atomic mass is 32.2. The highest BCUT2D eigenvalue weighted by molar-refractivity contribution is 7.92. The van der Waals surface area contributed by atoms with Crippen molar-refractivity contribution >= 4 is 21.6 Å². The Bertz CT molecular complexity index is 1190. The Morgan fingerprint density at radius 3 is 2.12 bits per heavy atom. The van der Waals surface area contributed by atoms with E-state index in [0.717, 1.165) is 17.5 Å². The van der Waals surface area contributed by atoms with Crippen molar-refractivity contribution in [3.05, 3.63) is 89.5 Å². The number of benzene rings is 3. The maximum absolute atomic E-state index is 13.6. The van der Waals surface area contributed by atoms with E-state index >= 15 is 0 Å². The van der Waals surface area contributed by atoms with Gasteiger partial charge in [-0.2, -0.15) is 0 Å². The fourth-order valence-corrected chi connectivity index (χ4v) is 4.82. The Morgan fingerprint density at radius 2 is 1.56 bits per heavy atom. The Hall–Kier alpha value is -3.32. The third-order valence-electron chi connectivity index (χ3n) is 5.58. The molecule has 1 amide bonds. The molecule has 0 aromatic heterocycles. The number of carbonyl (C=O) groups is 1. The van der Waals surface area contributed by atoms with E-state index < -0.39 is 10.0 Å². The third-order valence-corrected chi connectivity index (χ3v) is 7.36. The fraction of sp³-hybridized carbons (Fsp3) is 0.296. The molecule has 3 aromatic carbocycles. The molecule has 0 aliphatic heterocycles. The largest absolute Gasteiger partial charge is 0.494 e. The van der Waals surface area contributed by atoms with Gasteiger partial charge >= 0.3 is 0 Å². The van der Waals surface area contributed by atoms with Crippen LogP contribution < -0.4 is 14.4 Å². The number of hydrogen-bond donors (Lipinski definition) is 1. The van der Waals surface area contributed by atoms with Crippen LogP contribution in [-0.2, 0) is 16.6 Å². The monoisotopic (exact) mass is 480 g/mol. The third kappa shape index (κ3) is 6.17. The molecule has 34 heavy (non-hydrogen) atoms. The molecule has 0 aliphatic rings. The zero-order valence-electron chi connectivity index (χ0n) is 20.1. The minimum atomic E-state index is -3.83. The summed E-state index contributed by atoms with van der Waals surface area (Å²) < 4.78 is 34.1. The molecule has 1 N–H and O–H groups in total. The van der Waals surface area contributed by atoms with Gasteiger partial charge < -0.3 is 10.1 Å². The van der Waals surface area contributed by atoms with Gasteiger partial charge in [0.25, 0.3) is 15.9 Å². The van der Waals surface area contributed by atoms with Crippen molar-refractivity contribution in [2.75, 3.05) is 10.9 Å². The first-order valence-electron chi connectivity index (χ1n) is 11.5. The Labute approximate surface area is 202 Å². The van der Waals surface area contributed by atoms with Crippen LogP contribution in [0, 0.1) is 6.92 Å². The number of aryl methyl sites for hydroxylation is 1. The maximum Gasteiger partial charge on any atom is 0.264 e. The second kappa shape index (κ2) is 11.2. The van der Waals surface area contributed by atoms with Crippen molar-refractivity contribution in [3.63, 3.8) is 0 Å². The van der Waals surface area contributed by atoms with Gasteiger partial charge in [0.2, 0.25) is 0 Å². The molecular formula is C27H32N2O4S. The average molecular weight is 481 g/mol. The number of nitrogens with zero attached hydrogens (tertiary/aromatic N) is 1. The molecule has 0 bridgehead atoms. The van der Waals surface area contributed by atoms with Gasteiger partial charge in [-0.05, 0) is 81.3 Å². The molecule has 0 heterocycles. The molecule has 0 spiro atoms. The molecule has 0 radical (unpaired) electrons. The van der Waals surface area contributed by atoms with Gasteiger partial charge in [0.05, 0.1) is 23.7 Å². The van der Waals surface area contributed by atoms with Gasteiger partial charge in [-0.1, -0.05) is 36.8 Å². The lowest BCUT2D eigenvalue weighted by molar-refractivity contribution is 0.0939. The Balaban J connectivity index is 1.92. The van der Waals surface area contributed by atoms with Crippen molar-refractivity contribution in [1.82, 2.24) is 5.32 Å². The molecule has 3 rings (SSSR count). The number of anilines is 1. The van der Waals surface area contributed by atoms with Gasteiger partial charge in [0, 0.05) is 11.6 Å². The molecule has 0 aliphatic carbocycles. The van der Waals surface area contributed by atoms with E-state index in [4.69, 9.17) is 4.74 Å². The van der Waals surface area contributed by atoms with Crippen LogP contribution in [0.5, 0.6) is 5.75 Å². The van der Waals surface area contributed by atoms with Crippen LogP contribution in [0.15, 0.2) is 77.7 Å². The van der Waals surface area contributed by atoms with Crippen LogP contribution in [0.25, 0.3) is 0 Å². The summed E-state index contributed by atoms with van der Waals surface area (Å²) in [4.78, 5) is 12.6. The SMILES string of the molecule is CCOc1ccc(N(Cc2ccc(C(=O)N[C@H](C)CC)cc2)S(=O)(=O)c2ccc(C)cc2)cc1. The molecular weight excluding hydrogens is 448 g/mol. The Morgan fingerprint density at radius 1 is 0.941 bits per heavy atom. The summed E-state index contributed by atoms with van der Waals surface area (Å²) in [6.45, 7) is 8.43. The summed E-state index contributed by atoms with van der Waals surface area (Å²) in [5.41, 5.74) is 2.82. The van der Waals surface area contributed by atoms with Crippen LogP contribution in [-0.4, -0.2) is 27.0 Å². The highest BCUT2D eigenvalue weighted by Gasteiger charge is 2.25. The normalized spacial score (nSPS) is 12.1. The smallest absolute Gasteiger partial charge is 0.264 e. The van der Waals surface area contributed by atoms with Crippen LogP contribution >= 0.6 is 0 Å². The predicted molar refractivity (Wildman–Crippen MR) is 136 cm³/mol. The molecule has 0 saturated heterocycles. The van der Waals surface area contributed by atoms with E-state index in [-0.39, 0.29) is 23.4 Å². The van der Waals surface area contributed by atoms with Crippen molar-refractivity contribution in [2.24, 2.45) is 0 Å². The van der Waals surface area contributed by atoms with E-state index in [2.05, 4.69) is 5.32 Å². The minimum Gasteiger partial charge on any atom is -0.494 e. The number of amides is 1. The highest BCUT2D eigenvalue weighted by Crippen LogP contribution is 2.28. The molecule has 3 aromatic rings. The molecule has 0 unspecified atom stereocenters. The maximum atomic E-state index is 13.6. The lowest BCUT2D eigenvalue weighted by atomic mass is 10.1. The van der Waals surface area contributed by atoms with Crippen molar-refractivity contribution in [3.8, 4) is 5.75 Å². The lowest BCUT2D eigenvalue weighted by Crippen LogP contribution is -2.32. The van der Waals surface area contributed by atoms with Crippen molar-refractivity contribution in [2.45, 2.75) is 51.6 Å². The van der Waals surface area contributed by atoms with Gasteiger partial charge in [-0.15, -0.1) is 0 Å². The van der Waals surface area contributed by atoms with Crippen molar-refractivity contribution < 1.29 is 17.9 Å². The molecule has 180 valence electrons. The van der Waals surface area contributed by atoms with Crippen LogP contribution in [0.4, 0.5) is 5.69 Å². The average Bonchev–Trinajstić information content (AvgIpc) is 2.84. The Kier molecular flexibility index (Phi) is 8.34. The molecule has 0 saturated carbocycles. The van der Waals surface area contributed by atoms with E-state index in [1.165, 1.54) is 4.31 Å². The number of carbonyl (C=O) groups excluding carboxylic acids is 1. The zero-order chi connectivity index (χ0) is 24.7. The number of nitrogens with one attached hydrogen (secondary N) is 1. The van der Waals surface area contributed by atoms with E-state index in [0.29, 0.717) is 23.6 Å². The zero-order valence-corrected chi connectivity index (χ0v) is 20.9. The minimum absolute atomic E-state index is 0.0852. The molecule has 7 heteroatoms. The number of ether oxygens (including phenoxy) is 1. The predicted octanol–water partition coefficient (Wildman–Crippen LogP) is 5.32. The van der Waals surface area contributed by atoms with E-state index in [1.807, 2.05) is 27.7 Å². The number of sulfonamides is 1. The number of hydrogen-bond acceptors (Lipinski definition) is 4. The second-order valence-corrected chi connectivity index (χ2v) is 10.1. The summed E-state index contributed by atoms with van der Waals surface area (Å²) in [7, 11) is -3.83. The molecule has 6 nitrogen and oxygen atoms in total. The van der Waals surface area contributed by atoms with Crippen LogP contribution in [0.2, 0.25) is 0 Å². The van der Waals surface area contributed by atoms with Crippen molar-refractivity contribution in [1.29, 1.82) is 0 Å². The second-order valence-electron chi connectivity index (χ2n) is 8.23. The molecule has 0 fully saturated rings. The lowest BCUT2D eigenvalue weighted by Gasteiger charge is -2.25. The van der Waals surface area contributed by atoms with Crippen LogP contribution in [0.1, 0.15) is 48.7 Å². The summed E-state index contributed by atoms with van der Waals surface area (Å²) in [6, 6.07) is 20.9. The van der Waals surface area contributed by atoms with E-state index in [1.54, 1.807) is 72.8 Å². The van der Waals surface area contributed by atoms with Gasteiger partial charge in [0.15, 0.2) is 0 Å². The first-order valence-corrected chi connectivity index (χ1v) is 12.9. The molecule has 1 atom stereocenters. The van der Waals surface area contributed by atoms with Gasteiger partial charge in [0.1, 0.15) is 5.75 Å². The quantitative estimate of drug-likeness (QED) is 0.426. The number of rotatable bonds is 10. The topological polar surface area (TPSA) is 75.7 Å². The van der Waals surface area contributed by atoms with Gasteiger partial charge in [-0.25, -0.2) is 8.42 Å². The first kappa shape index (κ1) is 25.3. The van der Waals surface area contributed by atoms with Gasteiger partial charge in [-0.3, -0.25) is 9.10 Å². The summed E-state index contributed by atoms with van der Waals surface area (Å²) in [5.74, 6) is 0.534. The summed E-state index contributed by atoms with van der Waals surface area (Å²) in [6.07, 6.45) is 0.845. The van der Waals surface area contributed by atoms with Crippen LogP contribution in [0.3, 0.4) is 0 Å². The fourth-order valence-electron chi connectivity index (χ4n) is 3.36.